The summed E-state index contributed by atoms with van der Waals surface area (Å²) in [5, 5.41) is 10.2. The summed E-state index contributed by atoms with van der Waals surface area (Å²) in [6.45, 7) is 4.37. The van der Waals surface area contributed by atoms with Crippen LogP contribution in [0.4, 0.5) is 0 Å². The number of carbonyl (C=O) groups excluding carboxylic acids is 1. The summed E-state index contributed by atoms with van der Waals surface area (Å²) >= 11 is 5.36. The minimum absolute atomic E-state index is 0.0186. The summed E-state index contributed by atoms with van der Waals surface area (Å²) in [6.07, 6.45) is 2.93. The van der Waals surface area contributed by atoms with Crippen molar-refractivity contribution >= 4 is 18.1 Å². The van der Waals surface area contributed by atoms with Gasteiger partial charge < -0.3 is 10.1 Å². The Balaban J connectivity index is 1.29. The van der Waals surface area contributed by atoms with E-state index in [1.165, 1.54) is 31.5 Å². The Morgan fingerprint density at radius 3 is 2.47 bits per heavy atom. The summed E-state index contributed by atoms with van der Waals surface area (Å²) in [4.78, 5) is 14.9. The van der Waals surface area contributed by atoms with Gasteiger partial charge in [-0.1, -0.05) is 24.3 Å². The number of ether oxygens (including phenoxy) is 1. The maximum atomic E-state index is 12.4. The molecule has 168 valence electrons. The number of amides is 1. The van der Waals surface area contributed by atoms with E-state index in [2.05, 4.69) is 44.7 Å². The first-order valence-corrected chi connectivity index (χ1v) is 11.4. The Hall–Kier alpha value is -2.97. The fraction of sp³-hybridized carbons (Fsp3) is 0.375. The zero-order valence-corrected chi connectivity index (χ0v) is 19.2. The van der Waals surface area contributed by atoms with E-state index >= 15 is 0 Å². The molecule has 1 fully saturated rings. The highest BCUT2D eigenvalue weighted by molar-refractivity contribution is 7.71. The predicted octanol–water partition coefficient (Wildman–Crippen LogP) is 3.92. The van der Waals surface area contributed by atoms with E-state index in [9.17, 15) is 4.79 Å². The normalized spacial score (nSPS) is 13.9. The third-order valence-corrected chi connectivity index (χ3v) is 6.10. The predicted molar refractivity (Wildman–Crippen MR) is 127 cm³/mol. The first-order valence-electron chi connectivity index (χ1n) is 11.0. The van der Waals surface area contributed by atoms with Crippen molar-refractivity contribution in [2.75, 3.05) is 20.2 Å². The van der Waals surface area contributed by atoms with Crippen LogP contribution in [-0.2, 0) is 24.4 Å². The standard InChI is InChI=1S/C24H29N5O2S/c1-31-21-10-8-20(9-11-21)23-26-27-24(32)29(23)15-12-22(30)25-16-18-4-6-19(7-5-18)17-28-13-2-3-14-28/h4-11H,2-3,12-17H2,1H3,(H,25,30)(H,27,32). The number of carbonyl (C=O) groups is 1. The van der Waals surface area contributed by atoms with Crippen LogP contribution in [-0.4, -0.2) is 45.8 Å². The van der Waals surface area contributed by atoms with E-state index in [1.54, 1.807) is 7.11 Å². The van der Waals surface area contributed by atoms with Crippen LogP contribution in [0.5, 0.6) is 5.75 Å². The van der Waals surface area contributed by atoms with E-state index in [-0.39, 0.29) is 5.91 Å². The van der Waals surface area contributed by atoms with E-state index in [4.69, 9.17) is 17.0 Å². The molecule has 1 aliphatic rings. The molecule has 1 aromatic heterocycles. The number of nitrogens with one attached hydrogen (secondary N) is 2. The molecular weight excluding hydrogens is 422 g/mol. The van der Waals surface area contributed by atoms with Gasteiger partial charge >= 0.3 is 0 Å². The van der Waals surface area contributed by atoms with Gasteiger partial charge in [0.25, 0.3) is 0 Å². The van der Waals surface area contributed by atoms with Crippen molar-refractivity contribution in [3.8, 4) is 17.1 Å². The molecule has 8 heteroatoms. The molecule has 3 aromatic rings. The SMILES string of the molecule is COc1ccc(-c2n[nH]c(=S)n2CCC(=O)NCc2ccc(CN3CCCC3)cc2)cc1. The number of hydrogen-bond donors (Lipinski definition) is 2. The van der Waals surface area contributed by atoms with Crippen LogP contribution in [0.15, 0.2) is 48.5 Å². The molecule has 1 amide bonds. The largest absolute Gasteiger partial charge is 0.497 e. The first-order chi connectivity index (χ1) is 15.6. The number of likely N-dealkylation sites (tertiary alicyclic amines) is 1. The second kappa shape index (κ2) is 10.6. The van der Waals surface area contributed by atoms with Crippen molar-refractivity contribution in [1.29, 1.82) is 0 Å². The fourth-order valence-corrected chi connectivity index (χ4v) is 4.17. The lowest BCUT2D eigenvalue weighted by atomic mass is 10.1. The highest BCUT2D eigenvalue weighted by Crippen LogP contribution is 2.21. The van der Waals surface area contributed by atoms with Gasteiger partial charge in [0, 0.05) is 31.6 Å². The van der Waals surface area contributed by atoms with Crippen LogP contribution in [0.3, 0.4) is 0 Å². The molecule has 2 N–H and O–H groups in total. The van der Waals surface area contributed by atoms with Gasteiger partial charge in [-0.25, -0.2) is 0 Å². The van der Waals surface area contributed by atoms with Gasteiger partial charge in [-0.3, -0.25) is 19.4 Å². The van der Waals surface area contributed by atoms with Crippen LogP contribution in [0.2, 0.25) is 0 Å². The van der Waals surface area contributed by atoms with Crippen LogP contribution in [0.25, 0.3) is 11.4 Å². The highest BCUT2D eigenvalue weighted by atomic mass is 32.1. The van der Waals surface area contributed by atoms with Crippen LogP contribution in [0, 0.1) is 4.77 Å². The Morgan fingerprint density at radius 1 is 1.09 bits per heavy atom. The average molecular weight is 452 g/mol. The van der Waals surface area contributed by atoms with Crippen molar-refractivity contribution in [1.82, 2.24) is 25.0 Å². The minimum atomic E-state index is -0.0186. The molecule has 0 aliphatic carbocycles. The van der Waals surface area contributed by atoms with Gasteiger partial charge in [-0.15, -0.1) is 0 Å². The third-order valence-electron chi connectivity index (χ3n) is 5.79. The Bertz CT molecular complexity index is 1080. The van der Waals surface area contributed by atoms with E-state index in [0.717, 1.165) is 23.4 Å². The molecule has 32 heavy (non-hydrogen) atoms. The molecule has 0 spiro atoms. The summed E-state index contributed by atoms with van der Waals surface area (Å²) in [7, 11) is 1.63. The van der Waals surface area contributed by atoms with Crippen LogP contribution >= 0.6 is 12.2 Å². The van der Waals surface area contributed by atoms with Crippen molar-refractivity contribution in [2.45, 2.75) is 38.9 Å². The number of rotatable bonds is 9. The summed E-state index contributed by atoms with van der Waals surface area (Å²) in [5.74, 6) is 1.46. The van der Waals surface area contributed by atoms with Crippen molar-refractivity contribution in [3.63, 3.8) is 0 Å². The number of aromatic amines is 1. The van der Waals surface area contributed by atoms with Gasteiger partial charge in [0.15, 0.2) is 10.6 Å². The van der Waals surface area contributed by atoms with Crippen molar-refractivity contribution < 1.29 is 9.53 Å². The molecule has 0 atom stereocenters. The molecule has 0 saturated carbocycles. The molecule has 7 nitrogen and oxygen atoms in total. The zero-order chi connectivity index (χ0) is 22.3. The Morgan fingerprint density at radius 2 is 1.78 bits per heavy atom. The van der Waals surface area contributed by atoms with Crippen molar-refractivity contribution in [2.24, 2.45) is 0 Å². The second-order valence-corrected chi connectivity index (χ2v) is 8.45. The molecule has 0 bridgehead atoms. The monoisotopic (exact) mass is 451 g/mol. The molecule has 0 unspecified atom stereocenters. The molecule has 2 heterocycles. The third kappa shape index (κ3) is 5.63. The molecule has 0 radical (unpaired) electrons. The summed E-state index contributed by atoms with van der Waals surface area (Å²) < 4.78 is 7.56. The van der Waals surface area contributed by atoms with Gasteiger partial charge in [-0.2, -0.15) is 5.10 Å². The van der Waals surface area contributed by atoms with Gasteiger partial charge in [-0.05, 0) is 73.5 Å². The molecular formula is C24H29N5O2S. The minimum Gasteiger partial charge on any atom is -0.497 e. The number of H-pyrrole nitrogens is 1. The Kier molecular flexibility index (Phi) is 7.34. The van der Waals surface area contributed by atoms with E-state index in [0.29, 0.717) is 30.1 Å². The van der Waals surface area contributed by atoms with Gasteiger partial charge in [0.2, 0.25) is 5.91 Å². The van der Waals surface area contributed by atoms with Crippen LogP contribution < -0.4 is 10.1 Å². The maximum Gasteiger partial charge on any atom is 0.222 e. The highest BCUT2D eigenvalue weighted by Gasteiger charge is 2.12. The van der Waals surface area contributed by atoms with Crippen molar-refractivity contribution in [3.05, 3.63) is 64.4 Å². The van der Waals surface area contributed by atoms with E-state index < -0.39 is 0 Å². The Labute approximate surface area is 193 Å². The van der Waals surface area contributed by atoms with Gasteiger partial charge in [0.1, 0.15) is 5.75 Å². The average Bonchev–Trinajstić information content (AvgIpc) is 3.47. The first kappa shape index (κ1) is 22.2. The molecule has 4 rings (SSSR count). The van der Waals surface area contributed by atoms with Gasteiger partial charge in [0.05, 0.1) is 7.11 Å². The topological polar surface area (TPSA) is 75.2 Å². The fourth-order valence-electron chi connectivity index (χ4n) is 3.95. The number of methoxy groups -OCH3 is 1. The lowest BCUT2D eigenvalue weighted by Gasteiger charge is -2.14. The van der Waals surface area contributed by atoms with Crippen LogP contribution in [0.1, 0.15) is 30.4 Å². The summed E-state index contributed by atoms with van der Waals surface area (Å²) in [6, 6.07) is 16.1. The number of nitrogens with zero attached hydrogens (tertiary/aromatic N) is 3. The lowest BCUT2D eigenvalue weighted by Crippen LogP contribution is -2.24. The number of aromatic nitrogens is 3. The molecule has 1 saturated heterocycles. The van der Waals surface area contributed by atoms with E-state index in [1.807, 2.05) is 28.8 Å². The molecule has 2 aromatic carbocycles. The smallest absolute Gasteiger partial charge is 0.222 e. The maximum absolute atomic E-state index is 12.4. The number of hydrogen-bond acceptors (Lipinski definition) is 5. The summed E-state index contributed by atoms with van der Waals surface area (Å²) in [5.41, 5.74) is 3.33. The lowest BCUT2D eigenvalue weighted by molar-refractivity contribution is -0.121. The zero-order valence-electron chi connectivity index (χ0n) is 18.3. The molecule has 1 aliphatic heterocycles. The number of benzene rings is 2. The quantitative estimate of drug-likeness (QED) is 0.483. The second-order valence-electron chi connectivity index (χ2n) is 8.06.